The predicted octanol–water partition coefficient (Wildman–Crippen LogP) is 1.51. The minimum absolute atomic E-state index is 0. The fourth-order valence-corrected chi connectivity index (χ4v) is 1.85. The summed E-state index contributed by atoms with van der Waals surface area (Å²) in [4.78, 5) is 6.25. The molecule has 4 nitrogen and oxygen atoms in total. The SMILES string of the molecule is CN=C(NCCCF)N(C)CC1CCOC1.I. The summed E-state index contributed by atoms with van der Waals surface area (Å²) in [5.41, 5.74) is 0. The van der Waals surface area contributed by atoms with Gasteiger partial charge in [-0.2, -0.15) is 0 Å². The number of rotatable bonds is 5. The van der Waals surface area contributed by atoms with Crippen LogP contribution in [0.15, 0.2) is 4.99 Å². The molecule has 1 unspecified atom stereocenters. The second-order valence-electron chi connectivity index (χ2n) is 4.13. The number of alkyl halides is 1. The van der Waals surface area contributed by atoms with Gasteiger partial charge in [0.1, 0.15) is 0 Å². The molecular formula is C11H23FIN3O. The van der Waals surface area contributed by atoms with Crippen LogP contribution in [0.25, 0.3) is 0 Å². The molecule has 0 spiro atoms. The Kier molecular flexibility index (Phi) is 9.81. The Labute approximate surface area is 120 Å². The molecule has 0 aromatic heterocycles. The number of halogens is 2. The number of nitrogens with one attached hydrogen (secondary N) is 1. The van der Waals surface area contributed by atoms with Crippen LogP contribution >= 0.6 is 24.0 Å². The van der Waals surface area contributed by atoms with Gasteiger partial charge in [0.05, 0.1) is 13.3 Å². The third kappa shape index (κ3) is 6.40. The van der Waals surface area contributed by atoms with E-state index in [1.54, 1.807) is 7.05 Å². The highest BCUT2D eigenvalue weighted by molar-refractivity contribution is 14.0. The highest BCUT2D eigenvalue weighted by Crippen LogP contribution is 2.13. The average Bonchev–Trinajstić information content (AvgIpc) is 2.77. The summed E-state index contributed by atoms with van der Waals surface area (Å²) < 4.78 is 17.3. The highest BCUT2D eigenvalue weighted by Gasteiger charge is 2.18. The van der Waals surface area contributed by atoms with Crippen molar-refractivity contribution in [3.05, 3.63) is 0 Å². The van der Waals surface area contributed by atoms with Gasteiger partial charge in [0.15, 0.2) is 5.96 Å². The predicted molar refractivity (Wildman–Crippen MR) is 78.9 cm³/mol. The maximum atomic E-state index is 12.0. The summed E-state index contributed by atoms with van der Waals surface area (Å²) in [6, 6.07) is 0. The molecule has 1 rings (SSSR count). The van der Waals surface area contributed by atoms with Crippen LogP contribution in [0.4, 0.5) is 4.39 Å². The summed E-state index contributed by atoms with van der Waals surface area (Å²) in [6.07, 6.45) is 1.64. The number of guanidine groups is 1. The van der Waals surface area contributed by atoms with E-state index in [1.807, 2.05) is 7.05 Å². The van der Waals surface area contributed by atoms with Crippen molar-refractivity contribution < 1.29 is 9.13 Å². The Hall–Kier alpha value is -0.110. The monoisotopic (exact) mass is 359 g/mol. The van der Waals surface area contributed by atoms with Gasteiger partial charge in [-0.3, -0.25) is 9.38 Å². The van der Waals surface area contributed by atoms with Crippen molar-refractivity contribution in [3.63, 3.8) is 0 Å². The van der Waals surface area contributed by atoms with Crippen LogP contribution in [0, 0.1) is 5.92 Å². The van der Waals surface area contributed by atoms with Crippen molar-refractivity contribution in [2.24, 2.45) is 10.9 Å². The van der Waals surface area contributed by atoms with E-state index in [9.17, 15) is 4.39 Å². The zero-order valence-electron chi connectivity index (χ0n) is 10.6. The molecule has 1 aliphatic heterocycles. The summed E-state index contributed by atoms with van der Waals surface area (Å²) in [5, 5.41) is 3.14. The molecule has 17 heavy (non-hydrogen) atoms. The van der Waals surface area contributed by atoms with Crippen molar-refractivity contribution in [3.8, 4) is 0 Å². The molecular weight excluding hydrogens is 336 g/mol. The smallest absolute Gasteiger partial charge is 0.193 e. The van der Waals surface area contributed by atoms with Crippen molar-refractivity contribution >= 4 is 29.9 Å². The minimum atomic E-state index is -0.288. The first kappa shape index (κ1) is 16.9. The Morgan fingerprint density at radius 1 is 1.59 bits per heavy atom. The standard InChI is InChI=1S/C11H22FN3O.HI/c1-13-11(14-6-3-5-12)15(2)8-10-4-7-16-9-10;/h10H,3-9H2,1-2H3,(H,13,14);1H. The summed E-state index contributed by atoms with van der Waals surface area (Å²) in [5.74, 6) is 1.42. The molecule has 0 aromatic carbocycles. The van der Waals surface area contributed by atoms with Gasteiger partial charge in [-0.1, -0.05) is 0 Å². The molecule has 0 saturated carbocycles. The molecule has 102 valence electrons. The van der Waals surface area contributed by atoms with Crippen LogP contribution in [0.5, 0.6) is 0 Å². The zero-order valence-corrected chi connectivity index (χ0v) is 12.9. The molecule has 1 atom stereocenters. The normalized spacial score (nSPS) is 19.9. The van der Waals surface area contributed by atoms with Crippen LogP contribution < -0.4 is 5.32 Å². The molecule has 0 aromatic rings. The summed E-state index contributed by atoms with van der Waals surface area (Å²) in [7, 11) is 3.75. The quantitative estimate of drug-likeness (QED) is 0.350. The van der Waals surface area contributed by atoms with Crippen LogP contribution in [-0.4, -0.2) is 57.9 Å². The second-order valence-corrected chi connectivity index (χ2v) is 4.13. The molecule has 1 saturated heterocycles. The van der Waals surface area contributed by atoms with Crippen molar-refractivity contribution in [2.75, 3.05) is 47.1 Å². The van der Waals surface area contributed by atoms with Gasteiger partial charge in [-0.05, 0) is 12.8 Å². The molecule has 1 fully saturated rings. The van der Waals surface area contributed by atoms with Crippen LogP contribution in [0.2, 0.25) is 0 Å². The molecule has 0 aliphatic carbocycles. The molecule has 1 heterocycles. The minimum Gasteiger partial charge on any atom is -0.381 e. The molecule has 0 bridgehead atoms. The lowest BCUT2D eigenvalue weighted by molar-refractivity contribution is 0.181. The van der Waals surface area contributed by atoms with Gasteiger partial charge in [0, 0.05) is 39.7 Å². The van der Waals surface area contributed by atoms with E-state index in [2.05, 4.69) is 15.2 Å². The maximum absolute atomic E-state index is 12.0. The third-order valence-electron chi connectivity index (χ3n) is 2.72. The van der Waals surface area contributed by atoms with Crippen LogP contribution in [0.1, 0.15) is 12.8 Å². The Balaban J connectivity index is 0.00000256. The van der Waals surface area contributed by atoms with E-state index in [0.717, 1.165) is 32.1 Å². The topological polar surface area (TPSA) is 36.9 Å². The van der Waals surface area contributed by atoms with E-state index >= 15 is 0 Å². The Bertz CT molecular complexity index is 223. The Morgan fingerprint density at radius 3 is 2.88 bits per heavy atom. The van der Waals surface area contributed by atoms with Gasteiger partial charge in [-0.25, -0.2) is 0 Å². The molecule has 0 radical (unpaired) electrons. The fraction of sp³-hybridized carbons (Fsp3) is 0.909. The van der Waals surface area contributed by atoms with Gasteiger partial charge in [0.25, 0.3) is 0 Å². The van der Waals surface area contributed by atoms with Gasteiger partial charge in [0.2, 0.25) is 0 Å². The number of hydrogen-bond acceptors (Lipinski definition) is 2. The van der Waals surface area contributed by atoms with Crippen LogP contribution in [-0.2, 0) is 4.74 Å². The molecule has 0 amide bonds. The van der Waals surface area contributed by atoms with E-state index in [-0.39, 0.29) is 30.7 Å². The number of nitrogens with zero attached hydrogens (tertiary/aromatic N) is 2. The summed E-state index contributed by atoms with van der Waals surface area (Å²) in [6.45, 7) is 2.99. The van der Waals surface area contributed by atoms with E-state index in [1.165, 1.54) is 0 Å². The van der Waals surface area contributed by atoms with Crippen molar-refractivity contribution in [1.82, 2.24) is 10.2 Å². The van der Waals surface area contributed by atoms with Gasteiger partial charge in [-0.15, -0.1) is 24.0 Å². The van der Waals surface area contributed by atoms with Crippen molar-refractivity contribution in [1.29, 1.82) is 0 Å². The zero-order chi connectivity index (χ0) is 11.8. The first-order valence-corrected chi connectivity index (χ1v) is 5.83. The molecule has 1 N–H and O–H groups in total. The van der Waals surface area contributed by atoms with E-state index in [4.69, 9.17) is 4.74 Å². The lowest BCUT2D eigenvalue weighted by Crippen LogP contribution is -2.41. The van der Waals surface area contributed by atoms with E-state index < -0.39 is 0 Å². The lowest BCUT2D eigenvalue weighted by atomic mass is 10.1. The maximum Gasteiger partial charge on any atom is 0.193 e. The number of aliphatic imine (C=N–C) groups is 1. The highest BCUT2D eigenvalue weighted by atomic mass is 127. The Morgan fingerprint density at radius 2 is 2.35 bits per heavy atom. The lowest BCUT2D eigenvalue weighted by Gasteiger charge is -2.24. The van der Waals surface area contributed by atoms with Gasteiger partial charge < -0.3 is 15.0 Å². The third-order valence-corrected chi connectivity index (χ3v) is 2.72. The first-order chi connectivity index (χ1) is 7.77. The number of ether oxygens (including phenoxy) is 1. The van der Waals surface area contributed by atoms with Crippen molar-refractivity contribution in [2.45, 2.75) is 12.8 Å². The fourth-order valence-electron chi connectivity index (χ4n) is 1.85. The van der Waals surface area contributed by atoms with E-state index in [0.29, 0.717) is 18.9 Å². The largest absolute Gasteiger partial charge is 0.381 e. The second kappa shape index (κ2) is 9.87. The van der Waals surface area contributed by atoms with Crippen LogP contribution in [0.3, 0.4) is 0 Å². The first-order valence-electron chi connectivity index (χ1n) is 5.83. The molecule has 1 aliphatic rings. The average molecular weight is 359 g/mol. The van der Waals surface area contributed by atoms with Gasteiger partial charge >= 0.3 is 0 Å². The molecule has 6 heteroatoms. The summed E-state index contributed by atoms with van der Waals surface area (Å²) >= 11 is 0. The number of hydrogen-bond donors (Lipinski definition) is 1.